The number of aryl methyl sites for hydroxylation is 2. The van der Waals surface area contributed by atoms with Crippen LogP contribution in [0.1, 0.15) is 11.1 Å². The molecule has 5 nitrogen and oxygen atoms in total. The van der Waals surface area contributed by atoms with Crippen LogP contribution in [-0.4, -0.2) is 8.42 Å². The highest BCUT2D eigenvalue weighted by atomic mass is 32.2. The van der Waals surface area contributed by atoms with E-state index in [1.807, 2.05) is 0 Å². The monoisotopic (exact) mass is 215 g/mol. The molecule has 0 fully saturated rings. The van der Waals surface area contributed by atoms with Gasteiger partial charge < -0.3 is 5.73 Å². The van der Waals surface area contributed by atoms with Crippen molar-refractivity contribution >= 4 is 21.6 Å². The third-order valence-electron chi connectivity index (χ3n) is 1.87. The van der Waals surface area contributed by atoms with Gasteiger partial charge in [-0.15, -0.1) is 0 Å². The zero-order valence-corrected chi connectivity index (χ0v) is 8.85. The predicted molar refractivity (Wildman–Crippen MR) is 57.1 cm³/mol. The number of hydrogen-bond acceptors (Lipinski definition) is 3. The third-order valence-corrected chi connectivity index (χ3v) is 2.37. The van der Waals surface area contributed by atoms with Crippen molar-refractivity contribution in [1.29, 1.82) is 0 Å². The zero-order valence-electron chi connectivity index (χ0n) is 8.03. The molecule has 1 aromatic carbocycles. The van der Waals surface area contributed by atoms with Crippen molar-refractivity contribution < 1.29 is 8.42 Å². The summed E-state index contributed by atoms with van der Waals surface area (Å²) in [6.07, 6.45) is 0. The number of benzene rings is 1. The highest BCUT2D eigenvalue weighted by Gasteiger charge is 2.06. The Morgan fingerprint density at radius 2 is 1.79 bits per heavy atom. The summed E-state index contributed by atoms with van der Waals surface area (Å²) >= 11 is 0. The molecule has 0 amide bonds. The van der Waals surface area contributed by atoms with Crippen molar-refractivity contribution in [3.05, 3.63) is 23.3 Å². The van der Waals surface area contributed by atoms with Gasteiger partial charge in [0.05, 0.1) is 5.69 Å². The number of nitrogen functional groups attached to an aromatic ring is 1. The third kappa shape index (κ3) is 2.61. The highest BCUT2D eigenvalue weighted by molar-refractivity contribution is 7.90. The first-order chi connectivity index (χ1) is 6.29. The Morgan fingerprint density at radius 3 is 2.29 bits per heavy atom. The number of hydrogen-bond donors (Lipinski definition) is 3. The van der Waals surface area contributed by atoms with Crippen LogP contribution in [0.15, 0.2) is 12.1 Å². The van der Waals surface area contributed by atoms with Gasteiger partial charge in [-0.1, -0.05) is 0 Å². The summed E-state index contributed by atoms with van der Waals surface area (Å²) in [5, 5.41) is 4.85. The lowest BCUT2D eigenvalue weighted by atomic mass is 10.1. The molecule has 0 bridgehead atoms. The highest BCUT2D eigenvalue weighted by Crippen LogP contribution is 2.22. The fraction of sp³-hybridized carbons (Fsp3) is 0.250. The van der Waals surface area contributed by atoms with E-state index in [4.69, 9.17) is 10.9 Å². The normalized spacial score (nSPS) is 11.4. The van der Waals surface area contributed by atoms with E-state index in [0.717, 1.165) is 11.1 Å². The number of rotatable bonds is 2. The smallest absolute Gasteiger partial charge is 0.296 e. The number of nitrogens with one attached hydrogen (secondary N) is 1. The molecule has 0 atom stereocenters. The standard InChI is InChI=1S/C8H13N3O2S/c1-5-4-8(11-14(10,12)13)6(2)3-7(5)9/h3-4,11H,9H2,1-2H3,(H2,10,12,13). The molecule has 0 aliphatic carbocycles. The summed E-state index contributed by atoms with van der Waals surface area (Å²) in [5.41, 5.74) is 8.27. The van der Waals surface area contributed by atoms with E-state index in [-0.39, 0.29) is 0 Å². The first kappa shape index (κ1) is 10.8. The van der Waals surface area contributed by atoms with E-state index in [1.165, 1.54) is 0 Å². The predicted octanol–water partition coefficient (Wildman–Crippen LogP) is 0.501. The average Bonchev–Trinajstić information content (AvgIpc) is 1.97. The molecule has 1 aromatic rings. The molecule has 1 rings (SSSR count). The fourth-order valence-corrected chi connectivity index (χ4v) is 1.63. The van der Waals surface area contributed by atoms with Crippen molar-refractivity contribution in [3.63, 3.8) is 0 Å². The first-order valence-electron chi connectivity index (χ1n) is 3.97. The van der Waals surface area contributed by atoms with Crippen molar-refractivity contribution in [3.8, 4) is 0 Å². The van der Waals surface area contributed by atoms with Gasteiger partial charge in [0.15, 0.2) is 0 Å². The Labute approximate surface area is 83.3 Å². The molecule has 0 radical (unpaired) electrons. The molecule has 0 aromatic heterocycles. The van der Waals surface area contributed by atoms with Gasteiger partial charge in [0.2, 0.25) is 0 Å². The second-order valence-corrected chi connectivity index (χ2v) is 4.46. The molecule has 0 saturated carbocycles. The molecule has 0 heterocycles. The Balaban J connectivity index is 3.17. The second kappa shape index (κ2) is 3.47. The second-order valence-electron chi connectivity index (χ2n) is 3.17. The largest absolute Gasteiger partial charge is 0.399 e. The van der Waals surface area contributed by atoms with Gasteiger partial charge in [0.1, 0.15) is 0 Å². The summed E-state index contributed by atoms with van der Waals surface area (Å²) in [6, 6.07) is 3.35. The van der Waals surface area contributed by atoms with Gasteiger partial charge in [-0.2, -0.15) is 8.42 Å². The van der Waals surface area contributed by atoms with E-state index in [1.54, 1.807) is 26.0 Å². The van der Waals surface area contributed by atoms with E-state index in [9.17, 15) is 8.42 Å². The Bertz CT molecular complexity index is 454. The van der Waals surface area contributed by atoms with Crippen LogP contribution >= 0.6 is 0 Å². The Hall–Kier alpha value is -1.27. The maximum Gasteiger partial charge on any atom is 0.296 e. The van der Waals surface area contributed by atoms with Gasteiger partial charge >= 0.3 is 0 Å². The molecule has 14 heavy (non-hydrogen) atoms. The van der Waals surface area contributed by atoms with Crippen LogP contribution in [0.25, 0.3) is 0 Å². The molecule has 0 aliphatic rings. The molecule has 5 N–H and O–H groups in total. The molecule has 0 saturated heterocycles. The topological polar surface area (TPSA) is 98.2 Å². The van der Waals surface area contributed by atoms with E-state index < -0.39 is 10.2 Å². The van der Waals surface area contributed by atoms with Crippen molar-refractivity contribution in [2.75, 3.05) is 10.5 Å². The van der Waals surface area contributed by atoms with E-state index in [0.29, 0.717) is 11.4 Å². The lowest BCUT2D eigenvalue weighted by Gasteiger charge is -2.09. The lowest BCUT2D eigenvalue weighted by molar-refractivity contribution is 0.603. The van der Waals surface area contributed by atoms with Crippen LogP contribution < -0.4 is 15.6 Å². The van der Waals surface area contributed by atoms with Crippen LogP contribution in [0.3, 0.4) is 0 Å². The first-order valence-corrected chi connectivity index (χ1v) is 5.51. The number of anilines is 2. The summed E-state index contributed by atoms with van der Waals surface area (Å²) < 4.78 is 23.8. The van der Waals surface area contributed by atoms with E-state index >= 15 is 0 Å². The molecular weight excluding hydrogens is 202 g/mol. The fourth-order valence-electron chi connectivity index (χ4n) is 1.10. The number of nitrogens with two attached hydrogens (primary N) is 2. The summed E-state index contributed by atoms with van der Waals surface area (Å²) in [6.45, 7) is 3.55. The van der Waals surface area contributed by atoms with Crippen LogP contribution in [-0.2, 0) is 10.2 Å². The lowest BCUT2D eigenvalue weighted by Crippen LogP contribution is -2.22. The minimum atomic E-state index is -3.72. The quantitative estimate of drug-likeness (QED) is 0.626. The zero-order chi connectivity index (χ0) is 10.9. The van der Waals surface area contributed by atoms with Crippen LogP contribution in [0.4, 0.5) is 11.4 Å². The van der Waals surface area contributed by atoms with Crippen molar-refractivity contribution in [2.45, 2.75) is 13.8 Å². The Morgan fingerprint density at radius 1 is 1.21 bits per heavy atom. The summed E-state index contributed by atoms with van der Waals surface area (Å²) in [7, 11) is -3.72. The minimum absolute atomic E-state index is 0.458. The molecular formula is C8H13N3O2S. The SMILES string of the molecule is Cc1cc(NS(N)(=O)=O)c(C)cc1N. The van der Waals surface area contributed by atoms with Crippen LogP contribution in [0, 0.1) is 13.8 Å². The maximum absolute atomic E-state index is 10.8. The van der Waals surface area contributed by atoms with E-state index in [2.05, 4.69) is 4.72 Å². The van der Waals surface area contributed by atoms with Gasteiger partial charge in [-0.3, -0.25) is 4.72 Å². The van der Waals surface area contributed by atoms with Gasteiger partial charge in [-0.05, 0) is 37.1 Å². The maximum atomic E-state index is 10.8. The van der Waals surface area contributed by atoms with Crippen LogP contribution in [0.5, 0.6) is 0 Å². The Kier molecular flexibility index (Phi) is 2.68. The molecule has 0 aliphatic heterocycles. The summed E-state index contributed by atoms with van der Waals surface area (Å²) in [4.78, 5) is 0. The molecule has 6 heteroatoms. The minimum Gasteiger partial charge on any atom is -0.399 e. The molecule has 0 spiro atoms. The average molecular weight is 215 g/mol. The van der Waals surface area contributed by atoms with Gasteiger partial charge in [0, 0.05) is 5.69 Å². The van der Waals surface area contributed by atoms with Gasteiger partial charge in [-0.25, -0.2) is 5.14 Å². The van der Waals surface area contributed by atoms with Crippen LogP contribution in [0.2, 0.25) is 0 Å². The molecule has 78 valence electrons. The summed E-state index contributed by atoms with van der Waals surface area (Å²) in [5.74, 6) is 0. The van der Waals surface area contributed by atoms with Crippen molar-refractivity contribution in [1.82, 2.24) is 0 Å². The van der Waals surface area contributed by atoms with Gasteiger partial charge in [0.25, 0.3) is 10.2 Å². The molecule has 0 unspecified atom stereocenters. The van der Waals surface area contributed by atoms with Crippen molar-refractivity contribution in [2.24, 2.45) is 5.14 Å².